The third-order valence-corrected chi connectivity index (χ3v) is 0.830. The Morgan fingerprint density at radius 1 is 1.75 bits per heavy atom. The summed E-state index contributed by atoms with van der Waals surface area (Å²) >= 11 is 0. The van der Waals surface area contributed by atoms with E-state index in [0.717, 1.165) is 12.2 Å². The fraction of sp³-hybridized carbons (Fsp3) is 0.400. The molecule has 0 radical (unpaired) electrons. The SMILES string of the molecule is CCc1ncc[n-]1.[Zn]. The minimum Gasteiger partial charge on any atom is -0.446 e. The number of nitrogens with zero attached hydrogens (tertiary/aromatic N) is 2. The molecule has 0 unspecified atom stereocenters. The average Bonchev–Trinajstić information content (AvgIpc) is 2.14. The Morgan fingerprint density at radius 2 is 2.50 bits per heavy atom. The van der Waals surface area contributed by atoms with Crippen molar-refractivity contribution in [1.29, 1.82) is 0 Å². The summed E-state index contributed by atoms with van der Waals surface area (Å²) in [6.45, 7) is 2.04. The smallest absolute Gasteiger partial charge is 0 e. The van der Waals surface area contributed by atoms with Gasteiger partial charge in [-0.2, -0.15) is 0 Å². The van der Waals surface area contributed by atoms with Crippen LogP contribution in [0.5, 0.6) is 0 Å². The van der Waals surface area contributed by atoms with Gasteiger partial charge in [0.1, 0.15) is 0 Å². The minimum atomic E-state index is 0. The maximum Gasteiger partial charge on any atom is 0 e. The van der Waals surface area contributed by atoms with Crippen LogP contribution in [0.25, 0.3) is 0 Å². The Balaban J connectivity index is 0.000000490. The van der Waals surface area contributed by atoms with Crippen LogP contribution >= 0.6 is 0 Å². The summed E-state index contributed by atoms with van der Waals surface area (Å²) in [5, 5.41) is 0. The molecule has 0 aromatic carbocycles. The molecule has 0 amide bonds. The molecule has 40 valence electrons. The van der Waals surface area contributed by atoms with Crippen LogP contribution < -0.4 is 4.98 Å². The van der Waals surface area contributed by atoms with E-state index in [1.165, 1.54) is 0 Å². The van der Waals surface area contributed by atoms with Gasteiger partial charge < -0.3 is 9.97 Å². The van der Waals surface area contributed by atoms with Gasteiger partial charge in [-0.3, -0.25) is 0 Å². The van der Waals surface area contributed by atoms with E-state index in [1.54, 1.807) is 12.4 Å². The molecule has 3 heteroatoms. The number of hydrogen-bond donors (Lipinski definition) is 0. The van der Waals surface area contributed by atoms with Crippen LogP contribution in [0.1, 0.15) is 12.7 Å². The van der Waals surface area contributed by atoms with Gasteiger partial charge in [0.05, 0.1) is 0 Å². The summed E-state index contributed by atoms with van der Waals surface area (Å²) in [6, 6.07) is 0. The van der Waals surface area contributed by atoms with E-state index in [1.807, 2.05) is 6.92 Å². The first kappa shape index (κ1) is 7.83. The quantitative estimate of drug-likeness (QED) is 0.563. The molecule has 0 aliphatic rings. The molecule has 0 N–H and O–H groups in total. The standard InChI is InChI=1S/C5H7N2.Zn/c1-2-5-6-3-4-7-5;/h3-4H,2H2,1H3;/q-1;. The molecular formula is C5H7N2Zn-. The van der Waals surface area contributed by atoms with Crippen molar-refractivity contribution in [2.24, 2.45) is 0 Å². The first-order valence-electron chi connectivity index (χ1n) is 2.36. The molecule has 8 heavy (non-hydrogen) atoms. The molecular weight excluding hydrogens is 153 g/mol. The molecule has 1 heterocycles. The Morgan fingerprint density at radius 3 is 2.75 bits per heavy atom. The van der Waals surface area contributed by atoms with E-state index in [0.29, 0.717) is 0 Å². The minimum absolute atomic E-state index is 0. The summed E-state index contributed by atoms with van der Waals surface area (Å²) < 4.78 is 0. The predicted octanol–water partition coefficient (Wildman–Crippen LogP) is 0.599. The molecule has 1 aromatic heterocycles. The Kier molecular flexibility index (Phi) is 3.71. The van der Waals surface area contributed by atoms with Gasteiger partial charge in [-0.25, -0.2) is 0 Å². The van der Waals surface area contributed by atoms with E-state index in [2.05, 4.69) is 9.97 Å². The van der Waals surface area contributed by atoms with E-state index < -0.39 is 0 Å². The van der Waals surface area contributed by atoms with Crippen molar-refractivity contribution in [3.8, 4) is 0 Å². The molecule has 0 bridgehead atoms. The van der Waals surface area contributed by atoms with Crippen LogP contribution in [0.2, 0.25) is 0 Å². The van der Waals surface area contributed by atoms with Crippen molar-refractivity contribution in [2.45, 2.75) is 13.3 Å². The molecule has 0 spiro atoms. The van der Waals surface area contributed by atoms with Gasteiger partial charge in [0.25, 0.3) is 0 Å². The van der Waals surface area contributed by atoms with Gasteiger partial charge in [0, 0.05) is 19.5 Å². The van der Waals surface area contributed by atoms with Gasteiger partial charge in [0.2, 0.25) is 0 Å². The summed E-state index contributed by atoms with van der Waals surface area (Å²) in [4.78, 5) is 7.85. The van der Waals surface area contributed by atoms with Crippen molar-refractivity contribution in [2.75, 3.05) is 0 Å². The average molecular weight is 161 g/mol. The van der Waals surface area contributed by atoms with E-state index in [4.69, 9.17) is 0 Å². The van der Waals surface area contributed by atoms with E-state index in [9.17, 15) is 0 Å². The maximum absolute atomic E-state index is 3.92. The molecule has 0 fully saturated rings. The second kappa shape index (κ2) is 3.79. The predicted molar refractivity (Wildman–Crippen MR) is 26.9 cm³/mol. The molecule has 1 rings (SSSR count). The molecule has 0 aliphatic heterocycles. The first-order chi connectivity index (χ1) is 3.43. The summed E-state index contributed by atoms with van der Waals surface area (Å²) in [5.74, 6) is 0.931. The maximum atomic E-state index is 3.92. The Labute approximate surface area is 61.5 Å². The molecule has 2 nitrogen and oxygen atoms in total. The van der Waals surface area contributed by atoms with Crippen LogP contribution in [0.15, 0.2) is 12.4 Å². The third kappa shape index (κ3) is 1.75. The summed E-state index contributed by atoms with van der Waals surface area (Å²) in [5.41, 5.74) is 0. The van der Waals surface area contributed by atoms with Crippen molar-refractivity contribution in [1.82, 2.24) is 9.97 Å². The number of imidazole rings is 1. The molecule has 0 atom stereocenters. The molecule has 0 aliphatic carbocycles. The van der Waals surface area contributed by atoms with Crippen molar-refractivity contribution < 1.29 is 19.5 Å². The fourth-order valence-corrected chi connectivity index (χ4v) is 0.455. The van der Waals surface area contributed by atoms with Crippen LogP contribution in [0.4, 0.5) is 0 Å². The number of aromatic nitrogens is 2. The Hall–Kier alpha value is -0.167. The van der Waals surface area contributed by atoms with Crippen molar-refractivity contribution in [3.63, 3.8) is 0 Å². The third-order valence-electron chi connectivity index (χ3n) is 0.830. The molecule has 0 saturated carbocycles. The molecule has 0 saturated heterocycles. The van der Waals surface area contributed by atoms with Gasteiger partial charge in [-0.05, 0) is 6.42 Å². The van der Waals surface area contributed by atoms with E-state index in [-0.39, 0.29) is 19.5 Å². The monoisotopic (exact) mass is 159 g/mol. The second-order valence-electron chi connectivity index (χ2n) is 1.33. The zero-order valence-corrected chi connectivity index (χ0v) is 7.93. The van der Waals surface area contributed by atoms with Crippen LogP contribution in [-0.4, -0.2) is 4.98 Å². The molecule has 1 aromatic rings. The zero-order chi connectivity index (χ0) is 5.11. The summed E-state index contributed by atoms with van der Waals surface area (Å²) in [6.07, 6.45) is 4.35. The van der Waals surface area contributed by atoms with Crippen molar-refractivity contribution >= 4 is 0 Å². The second-order valence-corrected chi connectivity index (χ2v) is 1.33. The number of aryl methyl sites for hydroxylation is 1. The van der Waals surface area contributed by atoms with Gasteiger partial charge >= 0.3 is 0 Å². The van der Waals surface area contributed by atoms with Crippen LogP contribution in [0.3, 0.4) is 0 Å². The largest absolute Gasteiger partial charge is 0.446 e. The first-order valence-corrected chi connectivity index (χ1v) is 2.36. The van der Waals surface area contributed by atoms with Crippen LogP contribution in [-0.2, 0) is 25.9 Å². The van der Waals surface area contributed by atoms with E-state index >= 15 is 0 Å². The normalized spacial score (nSPS) is 8.12. The number of hydrogen-bond acceptors (Lipinski definition) is 1. The topological polar surface area (TPSA) is 27.0 Å². The Bertz CT molecular complexity index is 125. The van der Waals surface area contributed by atoms with Gasteiger partial charge in [0.15, 0.2) is 0 Å². The number of rotatable bonds is 1. The fourth-order valence-electron chi connectivity index (χ4n) is 0.455. The van der Waals surface area contributed by atoms with Crippen molar-refractivity contribution in [3.05, 3.63) is 18.2 Å². The van der Waals surface area contributed by atoms with Gasteiger partial charge in [-0.1, -0.05) is 25.1 Å². The van der Waals surface area contributed by atoms with Gasteiger partial charge in [-0.15, -0.1) is 0 Å². The summed E-state index contributed by atoms with van der Waals surface area (Å²) in [7, 11) is 0. The van der Waals surface area contributed by atoms with Crippen LogP contribution in [0, 0.1) is 0 Å². The zero-order valence-electron chi connectivity index (χ0n) is 4.96.